The average Bonchev–Trinajstić information content (AvgIpc) is 2.96. The first-order valence-corrected chi connectivity index (χ1v) is 18.1. The molecular weight excluding hydrogens is 564 g/mol. The predicted octanol–water partition coefficient (Wildman–Crippen LogP) is 11.5. The van der Waals surface area contributed by atoms with Gasteiger partial charge in [0.2, 0.25) is 0 Å². The van der Waals surface area contributed by atoms with Crippen molar-refractivity contribution >= 4 is 12.4 Å². The molecular formula is C42H66N2O2. The van der Waals surface area contributed by atoms with Gasteiger partial charge in [0.25, 0.3) is 0 Å². The molecule has 2 unspecified atom stereocenters. The van der Waals surface area contributed by atoms with E-state index in [9.17, 15) is 10.2 Å². The van der Waals surface area contributed by atoms with Gasteiger partial charge in [-0.1, -0.05) is 134 Å². The molecule has 0 amide bonds. The van der Waals surface area contributed by atoms with Crippen LogP contribution in [0, 0.1) is 0 Å². The van der Waals surface area contributed by atoms with Crippen LogP contribution in [0.5, 0.6) is 11.5 Å². The zero-order chi connectivity index (χ0) is 34.5. The number of nitrogens with zero attached hydrogens (tertiary/aromatic N) is 2. The fourth-order valence-corrected chi connectivity index (χ4v) is 6.77. The van der Waals surface area contributed by atoms with Crippen molar-refractivity contribution in [3.05, 3.63) is 57.6 Å². The van der Waals surface area contributed by atoms with E-state index < -0.39 is 0 Å². The van der Waals surface area contributed by atoms with Crippen LogP contribution in [0.25, 0.3) is 0 Å². The molecule has 4 heteroatoms. The monoisotopic (exact) mass is 631 g/mol. The first kappa shape index (κ1) is 37.8. The second-order valence-corrected chi connectivity index (χ2v) is 17.4. The van der Waals surface area contributed by atoms with Crippen LogP contribution in [0.2, 0.25) is 0 Å². The van der Waals surface area contributed by atoms with Crippen LogP contribution in [-0.4, -0.2) is 34.7 Å². The molecule has 1 aliphatic carbocycles. The Labute approximate surface area is 282 Å². The molecule has 2 aromatic rings. The van der Waals surface area contributed by atoms with Crippen molar-refractivity contribution in [2.45, 2.75) is 181 Å². The molecule has 0 spiro atoms. The summed E-state index contributed by atoms with van der Waals surface area (Å²) in [5.74, 6) is 0.675. The van der Waals surface area contributed by atoms with Crippen LogP contribution in [-0.2, 0) is 21.7 Å². The van der Waals surface area contributed by atoms with Gasteiger partial charge in [-0.15, -0.1) is 0 Å². The van der Waals surface area contributed by atoms with Gasteiger partial charge in [0, 0.05) is 34.7 Å². The topological polar surface area (TPSA) is 65.2 Å². The molecule has 2 atom stereocenters. The molecule has 3 rings (SSSR count). The lowest BCUT2D eigenvalue weighted by molar-refractivity contribution is 0.371. The van der Waals surface area contributed by atoms with Gasteiger partial charge in [-0.2, -0.15) is 0 Å². The van der Waals surface area contributed by atoms with E-state index in [-0.39, 0.29) is 33.7 Å². The molecule has 46 heavy (non-hydrogen) atoms. The summed E-state index contributed by atoms with van der Waals surface area (Å²) >= 11 is 0. The number of benzene rings is 2. The predicted molar refractivity (Wildman–Crippen MR) is 200 cm³/mol. The fourth-order valence-electron chi connectivity index (χ4n) is 6.77. The minimum absolute atomic E-state index is 0.0348. The summed E-state index contributed by atoms with van der Waals surface area (Å²) in [5, 5.41) is 22.9. The maximum Gasteiger partial charge on any atom is 0.128 e. The molecule has 1 saturated carbocycles. The van der Waals surface area contributed by atoms with Crippen LogP contribution in [0.1, 0.15) is 181 Å². The third-order valence-electron chi connectivity index (χ3n) is 10.1. The van der Waals surface area contributed by atoms with Crippen LogP contribution < -0.4 is 0 Å². The maximum atomic E-state index is 11.6. The lowest BCUT2D eigenvalue weighted by Crippen LogP contribution is -2.27. The van der Waals surface area contributed by atoms with Gasteiger partial charge in [-0.25, -0.2) is 0 Å². The molecule has 0 aliphatic heterocycles. The van der Waals surface area contributed by atoms with Crippen molar-refractivity contribution in [2.75, 3.05) is 0 Å². The van der Waals surface area contributed by atoms with Gasteiger partial charge in [0.05, 0.1) is 12.1 Å². The quantitative estimate of drug-likeness (QED) is 0.243. The standard InChI is InChI=1S/C42H66N2O2/c1-13-15-21-42(12,22-16-14-2)32-24-30(38(46)34(26-32)41(9,10)11)28-44-36-20-18-17-19-35(36)43-27-29-23-31(39(3,4)5)25-33(37(29)45)40(6,7)8/h23-28,35-36,45-46H,13-22H2,1-12H3. The van der Waals surface area contributed by atoms with Crippen molar-refractivity contribution in [3.63, 3.8) is 0 Å². The largest absolute Gasteiger partial charge is 0.507 e. The number of unbranched alkanes of at least 4 members (excludes halogenated alkanes) is 2. The Bertz CT molecular complexity index is 1360. The second-order valence-electron chi connectivity index (χ2n) is 17.4. The highest BCUT2D eigenvalue weighted by molar-refractivity contribution is 5.86. The fraction of sp³-hybridized carbons (Fsp3) is 0.667. The maximum absolute atomic E-state index is 11.6. The van der Waals surface area contributed by atoms with Gasteiger partial charge in [-0.3, -0.25) is 9.98 Å². The molecule has 256 valence electrons. The molecule has 4 nitrogen and oxygen atoms in total. The van der Waals surface area contributed by atoms with Gasteiger partial charge in [-0.05, 0) is 70.6 Å². The summed E-state index contributed by atoms with van der Waals surface area (Å²) in [6.07, 6.45) is 15.1. The molecule has 2 aromatic carbocycles. The third kappa shape index (κ3) is 9.48. The van der Waals surface area contributed by atoms with Crippen LogP contribution in [0.3, 0.4) is 0 Å². The Hall–Kier alpha value is -2.62. The zero-order valence-corrected chi connectivity index (χ0v) is 31.5. The number of aromatic hydroxyl groups is 2. The van der Waals surface area contributed by atoms with E-state index in [4.69, 9.17) is 9.98 Å². The highest BCUT2D eigenvalue weighted by Gasteiger charge is 2.31. The first-order valence-electron chi connectivity index (χ1n) is 18.1. The molecule has 1 fully saturated rings. The zero-order valence-electron chi connectivity index (χ0n) is 31.5. The van der Waals surface area contributed by atoms with Crippen LogP contribution in [0.15, 0.2) is 34.3 Å². The van der Waals surface area contributed by atoms with Crippen molar-refractivity contribution in [3.8, 4) is 11.5 Å². The molecule has 2 N–H and O–H groups in total. The summed E-state index contributed by atoms with van der Waals surface area (Å²) in [6.45, 7) is 26.6. The molecule has 1 aliphatic rings. The van der Waals surface area contributed by atoms with E-state index in [1.165, 1.54) is 36.8 Å². The van der Waals surface area contributed by atoms with E-state index in [1.54, 1.807) is 0 Å². The molecule has 0 saturated heterocycles. The SMILES string of the molecule is CCCCC(C)(CCCC)c1cc(C=NC2CCCCC2N=Cc2cc(C(C)(C)C)cc(C(C)(C)C)c2O)c(O)c(C(C)(C)C)c1. The summed E-state index contributed by atoms with van der Waals surface area (Å²) in [7, 11) is 0. The van der Waals surface area contributed by atoms with E-state index in [2.05, 4.69) is 107 Å². The van der Waals surface area contributed by atoms with Gasteiger partial charge < -0.3 is 10.2 Å². The van der Waals surface area contributed by atoms with E-state index in [1.807, 2.05) is 12.4 Å². The number of rotatable bonds is 11. The number of phenols is 2. The summed E-state index contributed by atoms with van der Waals surface area (Å²) in [5.41, 5.74) is 5.72. The summed E-state index contributed by atoms with van der Waals surface area (Å²) in [4.78, 5) is 10.3. The van der Waals surface area contributed by atoms with Gasteiger partial charge in [0.15, 0.2) is 0 Å². The molecule has 0 aromatic heterocycles. The van der Waals surface area contributed by atoms with Crippen molar-refractivity contribution in [1.29, 1.82) is 0 Å². The van der Waals surface area contributed by atoms with Crippen molar-refractivity contribution in [2.24, 2.45) is 9.98 Å². The molecule has 0 heterocycles. The Morgan fingerprint density at radius 2 is 1.00 bits per heavy atom. The highest BCUT2D eigenvalue weighted by atomic mass is 16.3. The third-order valence-corrected chi connectivity index (χ3v) is 10.1. The van der Waals surface area contributed by atoms with E-state index >= 15 is 0 Å². The number of hydrogen-bond acceptors (Lipinski definition) is 4. The minimum atomic E-state index is -0.188. The van der Waals surface area contributed by atoms with Gasteiger partial charge in [0.1, 0.15) is 11.5 Å². The van der Waals surface area contributed by atoms with E-state index in [0.717, 1.165) is 60.8 Å². The van der Waals surface area contributed by atoms with Crippen molar-refractivity contribution in [1.82, 2.24) is 0 Å². The lowest BCUT2D eigenvalue weighted by atomic mass is 9.72. The second kappa shape index (κ2) is 15.1. The summed E-state index contributed by atoms with van der Waals surface area (Å²) < 4.78 is 0. The van der Waals surface area contributed by atoms with Crippen LogP contribution >= 0.6 is 0 Å². The molecule has 0 radical (unpaired) electrons. The Balaban J connectivity index is 2.04. The molecule has 0 bridgehead atoms. The van der Waals surface area contributed by atoms with Crippen molar-refractivity contribution < 1.29 is 10.2 Å². The first-order chi connectivity index (χ1) is 21.3. The number of aliphatic imine (C=N–C) groups is 2. The Morgan fingerprint density at radius 1 is 0.609 bits per heavy atom. The minimum Gasteiger partial charge on any atom is -0.507 e. The van der Waals surface area contributed by atoms with Crippen LogP contribution in [0.4, 0.5) is 0 Å². The smallest absolute Gasteiger partial charge is 0.128 e. The normalized spacial score (nSPS) is 18.6. The lowest BCUT2D eigenvalue weighted by Gasteiger charge is -2.33. The number of hydrogen-bond donors (Lipinski definition) is 2. The Kier molecular flexibility index (Phi) is 12.4. The highest BCUT2D eigenvalue weighted by Crippen LogP contribution is 2.42. The number of phenolic OH excluding ortho intramolecular Hbond substituents is 2. The van der Waals surface area contributed by atoms with E-state index in [0.29, 0.717) is 11.5 Å². The average molecular weight is 631 g/mol. The Morgan fingerprint density at radius 3 is 1.37 bits per heavy atom. The van der Waals surface area contributed by atoms with Gasteiger partial charge >= 0.3 is 0 Å². The summed E-state index contributed by atoms with van der Waals surface area (Å²) in [6, 6.07) is 8.81.